The van der Waals surface area contributed by atoms with E-state index in [0.717, 1.165) is 22.0 Å². The Morgan fingerprint density at radius 1 is 1.38 bits per heavy atom. The van der Waals surface area contributed by atoms with Gasteiger partial charge in [-0.2, -0.15) is 0 Å². The Bertz CT molecular complexity index is 400. The standard InChI is InChI=1S/C12H12ClIO2/c13-10-7-9(1-2-11(10)14)12(15)8-3-5-16-6-4-8/h1-2,7-8H,3-6H2. The molecule has 1 saturated heterocycles. The van der Waals surface area contributed by atoms with Crippen molar-refractivity contribution < 1.29 is 9.53 Å². The predicted octanol–water partition coefficient (Wildman–Crippen LogP) is 3.55. The quantitative estimate of drug-likeness (QED) is 0.602. The lowest BCUT2D eigenvalue weighted by atomic mass is 9.91. The maximum atomic E-state index is 12.1. The highest BCUT2D eigenvalue weighted by molar-refractivity contribution is 14.1. The number of ether oxygens (including phenoxy) is 1. The van der Waals surface area contributed by atoms with Gasteiger partial charge in [0.15, 0.2) is 5.78 Å². The second-order valence-electron chi connectivity index (χ2n) is 3.88. The number of hydrogen-bond acceptors (Lipinski definition) is 2. The van der Waals surface area contributed by atoms with E-state index in [9.17, 15) is 4.79 Å². The van der Waals surface area contributed by atoms with Gasteiger partial charge in [0.1, 0.15) is 0 Å². The van der Waals surface area contributed by atoms with Crippen LogP contribution in [-0.2, 0) is 4.74 Å². The first-order valence-electron chi connectivity index (χ1n) is 5.25. The zero-order chi connectivity index (χ0) is 11.5. The average Bonchev–Trinajstić information content (AvgIpc) is 2.33. The molecule has 1 fully saturated rings. The number of ketones is 1. The van der Waals surface area contributed by atoms with Crippen LogP contribution in [0.2, 0.25) is 5.02 Å². The smallest absolute Gasteiger partial charge is 0.166 e. The van der Waals surface area contributed by atoms with Crippen LogP contribution in [0.15, 0.2) is 18.2 Å². The number of benzene rings is 1. The van der Waals surface area contributed by atoms with Gasteiger partial charge >= 0.3 is 0 Å². The molecule has 1 heterocycles. The van der Waals surface area contributed by atoms with Crippen molar-refractivity contribution in [1.82, 2.24) is 0 Å². The van der Waals surface area contributed by atoms with Crippen LogP contribution in [0, 0.1) is 9.49 Å². The Labute approximate surface area is 113 Å². The Morgan fingerprint density at radius 3 is 2.69 bits per heavy atom. The minimum Gasteiger partial charge on any atom is -0.381 e. The van der Waals surface area contributed by atoms with Crippen LogP contribution in [0.1, 0.15) is 23.2 Å². The van der Waals surface area contributed by atoms with E-state index in [1.54, 1.807) is 6.07 Å². The van der Waals surface area contributed by atoms with Crippen LogP contribution in [0.3, 0.4) is 0 Å². The molecule has 0 saturated carbocycles. The Morgan fingerprint density at radius 2 is 2.06 bits per heavy atom. The van der Waals surface area contributed by atoms with Crippen LogP contribution >= 0.6 is 34.2 Å². The van der Waals surface area contributed by atoms with Crippen molar-refractivity contribution in [2.75, 3.05) is 13.2 Å². The summed E-state index contributed by atoms with van der Waals surface area (Å²) < 4.78 is 6.22. The molecule has 0 amide bonds. The average molecular weight is 351 g/mol. The molecule has 1 aromatic carbocycles. The molecule has 0 spiro atoms. The molecular weight excluding hydrogens is 338 g/mol. The van der Waals surface area contributed by atoms with Gasteiger partial charge in [-0.15, -0.1) is 0 Å². The van der Waals surface area contributed by atoms with Crippen molar-refractivity contribution in [2.45, 2.75) is 12.8 Å². The molecule has 16 heavy (non-hydrogen) atoms. The van der Waals surface area contributed by atoms with Gasteiger partial charge in [0.25, 0.3) is 0 Å². The molecule has 0 aromatic heterocycles. The van der Waals surface area contributed by atoms with Gasteiger partial charge in [0.05, 0.1) is 5.02 Å². The minimum atomic E-state index is 0.102. The number of halogens is 2. The summed E-state index contributed by atoms with van der Waals surface area (Å²) in [5.41, 5.74) is 0.720. The number of hydrogen-bond donors (Lipinski definition) is 0. The lowest BCUT2D eigenvalue weighted by molar-refractivity contribution is 0.0545. The minimum absolute atomic E-state index is 0.102. The van der Waals surface area contributed by atoms with Gasteiger partial charge in [0.2, 0.25) is 0 Å². The summed E-state index contributed by atoms with van der Waals surface area (Å²) in [5, 5.41) is 0.651. The van der Waals surface area contributed by atoms with Crippen LogP contribution in [0.5, 0.6) is 0 Å². The van der Waals surface area contributed by atoms with Crippen molar-refractivity contribution in [3.05, 3.63) is 32.4 Å². The molecule has 86 valence electrons. The Kier molecular flexibility index (Phi) is 4.21. The zero-order valence-electron chi connectivity index (χ0n) is 8.71. The van der Waals surface area contributed by atoms with Crippen LogP contribution in [-0.4, -0.2) is 19.0 Å². The van der Waals surface area contributed by atoms with Gasteiger partial charge in [-0.1, -0.05) is 17.7 Å². The van der Waals surface area contributed by atoms with E-state index < -0.39 is 0 Å². The molecule has 0 N–H and O–H groups in total. The topological polar surface area (TPSA) is 26.3 Å². The van der Waals surface area contributed by atoms with Crippen molar-refractivity contribution in [2.24, 2.45) is 5.92 Å². The van der Waals surface area contributed by atoms with Crippen molar-refractivity contribution in [3.8, 4) is 0 Å². The molecule has 0 aliphatic carbocycles. The first-order chi connectivity index (χ1) is 7.68. The highest BCUT2D eigenvalue weighted by atomic mass is 127. The highest BCUT2D eigenvalue weighted by Crippen LogP contribution is 2.24. The third-order valence-electron chi connectivity index (χ3n) is 2.80. The largest absolute Gasteiger partial charge is 0.381 e. The molecule has 0 unspecified atom stereocenters. The summed E-state index contributed by atoms with van der Waals surface area (Å²) in [6, 6.07) is 5.50. The number of Topliss-reactive ketones (excluding diaryl/α,β-unsaturated/α-hetero) is 1. The maximum Gasteiger partial charge on any atom is 0.166 e. The van der Waals surface area contributed by atoms with Gasteiger partial charge in [-0.25, -0.2) is 0 Å². The Balaban J connectivity index is 2.16. The fourth-order valence-corrected chi connectivity index (χ4v) is 2.36. The summed E-state index contributed by atoms with van der Waals surface area (Å²) in [7, 11) is 0. The van der Waals surface area contributed by atoms with Crippen molar-refractivity contribution >= 4 is 40.0 Å². The second-order valence-corrected chi connectivity index (χ2v) is 5.45. The van der Waals surface area contributed by atoms with E-state index in [4.69, 9.17) is 16.3 Å². The van der Waals surface area contributed by atoms with E-state index >= 15 is 0 Å². The number of rotatable bonds is 2. The number of carbonyl (C=O) groups excluding carboxylic acids is 1. The third-order valence-corrected chi connectivity index (χ3v) is 4.37. The SMILES string of the molecule is O=C(c1ccc(I)c(Cl)c1)C1CCOCC1. The third kappa shape index (κ3) is 2.76. The van der Waals surface area contributed by atoms with Crippen LogP contribution in [0.25, 0.3) is 0 Å². The summed E-state index contributed by atoms with van der Waals surface area (Å²) >= 11 is 8.17. The normalized spacial score (nSPS) is 17.4. The maximum absolute atomic E-state index is 12.1. The Hall–Kier alpha value is -0.130. The van der Waals surface area contributed by atoms with Crippen molar-refractivity contribution in [1.29, 1.82) is 0 Å². The molecule has 2 rings (SSSR count). The van der Waals surface area contributed by atoms with Gasteiger partial charge in [0, 0.05) is 28.3 Å². The summed E-state index contributed by atoms with van der Waals surface area (Å²) in [6.07, 6.45) is 1.64. The van der Waals surface area contributed by atoms with E-state index in [2.05, 4.69) is 22.6 Å². The first kappa shape index (κ1) is 12.3. The van der Waals surface area contributed by atoms with Gasteiger partial charge < -0.3 is 4.74 Å². The summed E-state index contributed by atoms with van der Waals surface area (Å²) in [5.74, 6) is 0.298. The molecule has 1 aliphatic heterocycles. The molecule has 4 heteroatoms. The second kappa shape index (κ2) is 5.47. The van der Waals surface area contributed by atoms with Gasteiger partial charge in [-0.05, 0) is 47.6 Å². The first-order valence-corrected chi connectivity index (χ1v) is 6.71. The fourth-order valence-electron chi connectivity index (χ4n) is 1.84. The summed E-state index contributed by atoms with van der Waals surface area (Å²) in [6.45, 7) is 1.38. The van der Waals surface area contributed by atoms with Gasteiger partial charge in [-0.3, -0.25) is 4.79 Å². The molecular formula is C12H12ClIO2. The number of carbonyl (C=O) groups is 1. The molecule has 1 aromatic rings. The lowest BCUT2D eigenvalue weighted by Gasteiger charge is -2.20. The van der Waals surface area contributed by atoms with E-state index in [1.807, 2.05) is 12.1 Å². The molecule has 1 aliphatic rings. The fraction of sp³-hybridized carbons (Fsp3) is 0.417. The van der Waals surface area contributed by atoms with Crippen molar-refractivity contribution in [3.63, 3.8) is 0 Å². The zero-order valence-corrected chi connectivity index (χ0v) is 11.6. The molecule has 0 bridgehead atoms. The van der Waals surface area contributed by atoms with Crippen LogP contribution in [0.4, 0.5) is 0 Å². The molecule has 0 radical (unpaired) electrons. The van der Waals surface area contributed by atoms with E-state index in [-0.39, 0.29) is 11.7 Å². The van der Waals surface area contributed by atoms with E-state index in [1.165, 1.54) is 0 Å². The lowest BCUT2D eigenvalue weighted by Crippen LogP contribution is -2.23. The van der Waals surface area contributed by atoms with E-state index in [0.29, 0.717) is 18.2 Å². The molecule has 0 atom stereocenters. The predicted molar refractivity (Wildman–Crippen MR) is 72.0 cm³/mol. The summed E-state index contributed by atoms with van der Waals surface area (Å²) in [4.78, 5) is 12.1. The monoisotopic (exact) mass is 350 g/mol. The molecule has 2 nitrogen and oxygen atoms in total. The van der Waals surface area contributed by atoms with Crippen LogP contribution < -0.4 is 0 Å². The highest BCUT2D eigenvalue weighted by Gasteiger charge is 2.22.